The zero-order valence-corrected chi connectivity index (χ0v) is 44.6. The largest absolute Gasteiger partial charge is 0.462 e. The van der Waals surface area contributed by atoms with Crippen LogP contribution in [0.15, 0.2) is 0 Å². The third-order valence-electron chi connectivity index (χ3n) is 13.5. The van der Waals surface area contributed by atoms with Gasteiger partial charge in [-0.05, 0) is 31.1 Å². The molecular formula is C59H114O6. The maximum atomic E-state index is 12.8. The lowest BCUT2D eigenvalue weighted by Crippen LogP contribution is -2.30. The van der Waals surface area contributed by atoms with Crippen LogP contribution in [0.3, 0.4) is 0 Å². The molecule has 0 amide bonds. The molecule has 0 aromatic heterocycles. The maximum absolute atomic E-state index is 12.8. The van der Waals surface area contributed by atoms with Crippen molar-refractivity contribution in [3.63, 3.8) is 0 Å². The number of hydrogen-bond acceptors (Lipinski definition) is 6. The summed E-state index contributed by atoms with van der Waals surface area (Å²) in [6, 6.07) is 0. The molecule has 65 heavy (non-hydrogen) atoms. The number of esters is 3. The number of unbranched alkanes of at least 4 members (excludes halogenated alkanes) is 38. The van der Waals surface area contributed by atoms with E-state index in [9.17, 15) is 14.4 Å². The fourth-order valence-corrected chi connectivity index (χ4v) is 9.05. The van der Waals surface area contributed by atoms with E-state index in [4.69, 9.17) is 14.2 Å². The third kappa shape index (κ3) is 53.2. The number of carbonyl (C=O) groups is 3. The Kier molecular flexibility index (Phi) is 50.5. The second-order valence-corrected chi connectivity index (χ2v) is 21.2. The van der Waals surface area contributed by atoms with Crippen molar-refractivity contribution < 1.29 is 28.6 Å². The summed E-state index contributed by atoms with van der Waals surface area (Å²) >= 11 is 0. The van der Waals surface area contributed by atoms with E-state index < -0.39 is 6.10 Å². The Morgan fingerprint density at radius 2 is 0.508 bits per heavy atom. The van der Waals surface area contributed by atoms with Gasteiger partial charge < -0.3 is 14.2 Å². The van der Waals surface area contributed by atoms with E-state index in [1.165, 1.54) is 218 Å². The van der Waals surface area contributed by atoms with E-state index in [2.05, 4.69) is 34.6 Å². The summed E-state index contributed by atoms with van der Waals surface area (Å²) in [5.41, 5.74) is 0. The molecule has 0 bridgehead atoms. The molecule has 0 N–H and O–H groups in total. The van der Waals surface area contributed by atoms with Crippen LogP contribution in [-0.2, 0) is 28.6 Å². The Hall–Kier alpha value is -1.59. The van der Waals surface area contributed by atoms with Gasteiger partial charge >= 0.3 is 17.9 Å². The second kappa shape index (κ2) is 51.8. The first-order valence-corrected chi connectivity index (χ1v) is 29.2. The van der Waals surface area contributed by atoms with Gasteiger partial charge in [0, 0.05) is 19.3 Å². The maximum Gasteiger partial charge on any atom is 0.306 e. The van der Waals surface area contributed by atoms with Gasteiger partial charge in [0.15, 0.2) is 6.10 Å². The van der Waals surface area contributed by atoms with Crippen molar-refractivity contribution in [1.82, 2.24) is 0 Å². The highest BCUT2D eigenvalue weighted by molar-refractivity contribution is 5.71. The van der Waals surface area contributed by atoms with Gasteiger partial charge in [0.2, 0.25) is 0 Å². The first kappa shape index (κ1) is 63.4. The summed E-state index contributed by atoms with van der Waals surface area (Å²) in [4.78, 5) is 38.2. The minimum Gasteiger partial charge on any atom is -0.462 e. The molecule has 0 saturated carbocycles. The minimum atomic E-state index is -0.763. The van der Waals surface area contributed by atoms with E-state index in [-0.39, 0.29) is 31.1 Å². The third-order valence-corrected chi connectivity index (χ3v) is 13.5. The monoisotopic (exact) mass is 919 g/mol. The van der Waals surface area contributed by atoms with Crippen molar-refractivity contribution in [2.45, 2.75) is 336 Å². The molecule has 0 saturated heterocycles. The number of ether oxygens (including phenoxy) is 3. The average Bonchev–Trinajstić information content (AvgIpc) is 3.28. The fraction of sp³-hybridized carbons (Fsp3) is 0.949. The van der Waals surface area contributed by atoms with Crippen molar-refractivity contribution in [2.24, 2.45) is 11.8 Å². The molecule has 0 radical (unpaired) electrons. The van der Waals surface area contributed by atoms with E-state index in [1.807, 2.05) is 0 Å². The molecule has 0 spiro atoms. The Morgan fingerprint density at radius 1 is 0.292 bits per heavy atom. The highest BCUT2D eigenvalue weighted by Crippen LogP contribution is 2.18. The molecule has 386 valence electrons. The summed E-state index contributed by atoms with van der Waals surface area (Å²) in [6.45, 7) is 11.4. The standard InChI is InChI=1S/C59H114O6/c1-6-7-8-9-10-11-12-13-14-15-16-19-24-29-34-39-44-49-57(60)63-52-56(65-59(62)51-46-41-36-31-26-21-23-28-33-38-43-48-55(4)5)53-64-58(61)50-45-40-35-30-25-20-17-18-22-27-32-37-42-47-54(2)3/h54-56H,6-53H2,1-5H3/t56-/m0/s1. The van der Waals surface area contributed by atoms with Gasteiger partial charge in [0.05, 0.1) is 0 Å². The van der Waals surface area contributed by atoms with Crippen LogP contribution in [0.4, 0.5) is 0 Å². The van der Waals surface area contributed by atoms with E-state index >= 15 is 0 Å². The van der Waals surface area contributed by atoms with Gasteiger partial charge in [0.1, 0.15) is 13.2 Å². The molecule has 0 fully saturated rings. The van der Waals surface area contributed by atoms with Crippen molar-refractivity contribution >= 4 is 17.9 Å². The summed E-state index contributed by atoms with van der Waals surface area (Å²) in [5, 5.41) is 0. The van der Waals surface area contributed by atoms with Crippen molar-refractivity contribution in [3.05, 3.63) is 0 Å². The second-order valence-electron chi connectivity index (χ2n) is 21.2. The number of carbonyl (C=O) groups excluding carboxylic acids is 3. The van der Waals surface area contributed by atoms with Crippen molar-refractivity contribution in [3.8, 4) is 0 Å². The predicted molar refractivity (Wildman–Crippen MR) is 280 cm³/mol. The predicted octanol–water partition coefficient (Wildman–Crippen LogP) is 19.3. The first-order valence-electron chi connectivity index (χ1n) is 29.2. The molecule has 0 unspecified atom stereocenters. The van der Waals surface area contributed by atoms with Crippen LogP contribution in [0.5, 0.6) is 0 Å². The van der Waals surface area contributed by atoms with Crippen LogP contribution in [0.2, 0.25) is 0 Å². The summed E-state index contributed by atoms with van der Waals surface area (Å²) in [7, 11) is 0. The Bertz CT molecular complexity index is 993. The lowest BCUT2D eigenvalue weighted by atomic mass is 10.0. The zero-order chi connectivity index (χ0) is 47.5. The highest BCUT2D eigenvalue weighted by Gasteiger charge is 2.19. The molecule has 0 rings (SSSR count). The van der Waals surface area contributed by atoms with Crippen LogP contribution >= 0.6 is 0 Å². The normalized spacial score (nSPS) is 12.0. The molecule has 0 heterocycles. The van der Waals surface area contributed by atoms with E-state index in [1.54, 1.807) is 0 Å². The Balaban J connectivity index is 4.29. The van der Waals surface area contributed by atoms with Crippen LogP contribution in [0, 0.1) is 11.8 Å². The van der Waals surface area contributed by atoms with Gasteiger partial charge in [-0.3, -0.25) is 14.4 Å². The van der Waals surface area contributed by atoms with Crippen molar-refractivity contribution in [2.75, 3.05) is 13.2 Å². The van der Waals surface area contributed by atoms with Crippen LogP contribution in [0.25, 0.3) is 0 Å². The summed E-state index contributed by atoms with van der Waals surface area (Å²) in [5.74, 6) is 0.826. The fourth-order valence-electron chi connectivity index (χ4n) is 9.05. The summed E-state index contributed by atoms with van der Waals surface area (Å²) in [6.07, 6.45) is 55.2. The SMILES string of the molecule is CCCCCCCCCCCCCCCCCCCC(=O)OC[C@@H](COC(=O)CCCCCCCCCCCCCCCC(C)C)OC(=O)CCCCCCCCCCCCCC(C)C. The number of rotatable bonds is 53. The van der Waals surface area contributed by atoms with E-state index in [0.29, 0.717) is 19.3 Å². The molecule has 0 aliphatic carbocycles. The lowest BCUT2D eigenvalue weighted by Gasteiger charge is -2.18. The van der Waals surface area contributed by atoms with Gasteiger partial charge in [0.25, 0.3) is 0 Å². The molecule has 0 aromatic rings. The molecule has 0 aromatic carbocycles. The molecule has 0 aliphatic heterocycles. The molecular weight excluding hydrogens is 805 g/mol. The Morgan fingerprint density at radius 3 is 0.754 bits per heavy atom. The topological polar surface area (TPSA) is 78.9 Å². The lowest BCUT2D eigenvalue weighted by molar-refractivity contribution is -0.167. The van der Waals surface area contributed by atoms with Crippen LogP contribution in [-0.4, -0.2) is 37.2 Å². The van der Waals surface area contributed by atoms with Gasteiger partial charge in [-0.2, -0.15) is 0 Å². The van der Waals surface area contributed by atoms with Crippen LogP contribution < -0.4 is 0 Å². The molecule has 0 aliphatic rings. The van der Waals surface area contributed by atoms with Crippen LogP contribution in [0.1, 0.15) is 330 Å². The number of hydrogen-bond donors (Lipinski definition) is 0. The minimum absolute atomic E-state index is 0.0627. The quantitative estimate of drug-likeness (QED) is 0.0344. The summed E-state index contributed by atoms with van der Waals surface area (Å²) < 4.78 is 16.9. The molecule has 6 nitrogen and oxygen atoms in total. The highest BCUT2D eigenvalue weighted by atomic mass is 16.6. The average molecular weight is 920 g/mol. The Labute approximate surface area is 406 Å². The molecule has 6 heteroatoms. The van der Waals surface area contributed by atoms with Gasteiger partial charge in [-0.1, -0.05) is 291 Å². The first-order chi connectivity index (χ1) is 31.7. The van der Waals surface area contributed by atoms with Crippen molar-refractivity contribution in [1.29, 1.82) is 0 Å². The smallest absolute Gasteiger partial charge is 0.306 e. The molecule has 1 atom stereocenters. The zero-order valence-electron chi connectivity index (χ0n) is 44.6. The van der Waals surface area contributed by atoms with Gasteiger partial charge in [-0.25, -0.2) is 0 Å². The van der Waals surface area contributed by atoms with Gasteiger partial charge in [-0.15, -0.1) is 0 Å². The van der Waals surface area contributed by atoms with E-state index in [0.717, 1.165) is 69.6 Å².